The molecule has 0 radical (unpaired) electrons. The number of hydrogen-bond acceptors (Lipinski definition) is 9. The van der Waals surface area contributed by atoms with Crippen LogP contribution in [0.1, 0.15) is 85.8 Å². The summed E-state index contributed by atoms with van der Waals surface area (Å²) >= 11 is 0. The van der Waals surface area contributed by atoms with E-state index in [2.05, 4.69) is 41.1 Å². The van der Waals surface area contributed by atoms with E-state index in [0.717, 1.165) is 50.2 Å². The normalized spacial score (nSPS) is 17.7. The molecule has 286 valence electrons. The fourth-order valence-corrected chi connectivity index (χ4v) is 5.21. The van der Waals surface area contributed by atoms with Crippen molar-refractivity contribution in [2.24, 2.45) is 28.7 Å². The first kappa shape index (κ1) is 50.8. The number of likely N-dealkylation sites (tertiary alicyclic amines) is 1. The van der Waals surface area contributed by atoms with Crippen molar-refractivity contribution in [3.05, 3.63) is 70.1 Å². The van der Waals surface area contributed by atoms with Gasteiger partial charge in [-0.05, 0) is 76.2 Å². The lowest BCUT2D eigenvalue weighted by Crippen LogP contribution is -2.33. The highest BCUT2D eigenvalue weighted by Crippen LogP contribution is 2.10. The van der Waals surface area contributed by atoms with Gasteiger partial charge < -0.3 is 48.0 Å². The zero-order chi connectivity index (χ0) is 32.7. The number of piperidine rings is 1. The quantitative estimate of drug-likeness (QED) is 0.199. The molecule has 3 aliphatic heterocycles. The van der Waals surface area contributed by atoms with Gasteiger partial charge in [-0.1, -0.05) is 78.1 Å². The van der Waals surface area contributed by atoms with Crippen LogP contribution >= 0.6 is 0 Å². The third kappa shape index (κ3) is 20.6. The number of benzene rings is 2. The molecule has 3 aromatic rings. The second-order valence-corrected chi connectivity index (χ2v) is 11.5. The average molecular weight is 693 g/mol. The number of nitrogens with zero attached hydrogens (tertiary/aromatic N) is 2. The molecule has 2 atom stereocenters. The molecular formula is C38H76N8O3. The molecule has 11 nitrogen and oxygen atoms in total. The molecule has 6 rings (SSSR count). The Hall–Kier alpha value is -2.61. The van der Waals surface area contributed by atoms with Crippen molar-refractivity contribution >= 4 is 11.0 Å². The fourth-order valence-electron chi connectivity index (χ4n) is 5.21. The van der Waals surface area contributed by atoms with E-state index in [1.54, 1.807) is 4.57 Å². The molecule has 0 unspecified atom stereocenters. The molecule has 49 heavy (non-hydrogen) atoms. The number of aryl methyl sites for hydroxylation is 1. The first-order chi connectivity index (χ1) is 21.9. The molecule has 0 saturated carbocycles. The third-order valence-electron chi connectivity index (χ3n) is 7.86. The van der Waals surface area contributed by atoms with Crippen LogP contribution in [0.2, 0.25) is 0 Å². The fraction of sp³-hybridized carbons (Fsp3) is 0.658. The molecule has 11 N–H and O–H groups in total. The second kappa shape index (κ2) is 31.4. The highest BCUT2D eigenvalue weighted by Gasteiger charge is 2.12. The van der Waals surface area contributed by atoms with Gasteiger partial charge >= 0.3 is 5.69 Å². The van der Waals surface area contributed by atoms with Crippen molar-refractivity contribution < 1.29 is 9.47 Å². The Kier molecular flexibility index (Phi) is 32.5. The van der Waals surface area contributed by atoms with Gasteiger partial charge in [0.1, 0.15) is 0 Å². The van der Waals surface area contributed by atoms with Crippen LogP contribution in [0.15, 0.2) is 53.3 Å². The number of ether oxygens (including phenoxy) is 2. The van der Waals surface area contributed by atoms with Gasteiger partial charge in [-0.25, -0.2) is 4.79 Å². The lowest BCUT2D eigenvalue weighted by molar-refractivity contribution is 0.117. The van der Waals surface area contributed by atoms with Crippen LogP contribution in [-0.2, 0) is 22.6 Å². The van der Waals surface area contributed by atoms with Crippen LogP contribution in [0.3, 0.4) is 0 Å². The topological polar surface area (TPSA) is 190 Å². The van der Waals surface area contributed by atoms with Crippen LogP contribution < -0.4 is 34.4 Å². The number of imidazole rings is 1. The maximum atomic E-state index is 11.4. The van der Waals surface area contributed by atoms with Crippen LogP contribution in [0, 0.1) is 6.92 Å². The van der Waals surface area contributed by atoms with E-state index in [1.807, 2.05) is 24.3 Å². The summed E-state index contributed by atoms with van der Waals surface area (Å²) < 4.78 is 12.0. The van der Waals surface area contributed by atoms with Gasteiger partial charge in [-0.2, -0.15) is 0 Å². The monoisotopic (exact) mass is 693 g/mol. The second-order valence-electron chi connectivity index (χ2n) is 11.5. The Balaban J connectivity index is -0.000000539. The number of aromatic amines is 1. The van der Waals surface area contributed by atoms with Crippen molar-refractivity contribution in [1.29, 1.82) is 0 Å². The molecule has 0 amide bonds. The molecule has 11 heteroatoms. The van der Waals surface area contributed by atoms with Crippen LogP contribution in [0.4, 0.5) is 0 Å². The summed E-state index contributed by atoms with van der Waals surface area (Å²) in [5, 5.41) is 0. The molecule has 0 aliphatic carbocycles. The summed E-state index contributed by atoms with van der Waals surface area (Å²) in [6, 6.07) is 15.8. The zero-order valence-corrected chi connectivity index (χ0v) is 27.5. The van der Waals surface area contributed by atoms with Crippen LogP contribution in [-0.4, -0.2) is 85.7 Å². The van der Waals surface area contributed by atoms with Gasteiger partial charge in [-0.3, -0.25) is 4.57 Å². The third-order valence-corrected chi connectivity index (χ3v) is 7.86. The molecule has 0 bridgehead atoms. The van der Waals surface area contributed by atoms with Gasteiger partial charge in [0.2, 0.25) is 0 Å². The molecule has 3 saturated heterocycles. The van der Waals surface area contributed by atoms with Gasteiger partial charge in [0.25, 0.3) is 0 Å². The molecule has 4 heterocycles. The standard InChI is InChI=1S/C9H11N3O.C8H11N.C7H16N2.2C5H11NO.4CH4/c10-5-6-12-8-4-2-1-3-7(8)11-9(12)13;1-7-2-4-8(6-9)5-3-7;8-4-7-9-5-2-1-3-6-9;2*6-4-5-2-1-3-7-5;;;;/h1-4H,5-6,10H2,(H,11,13);2-5H,6,9H2,1H3;1-8H2;2*5H,1-4,6H2;4*1H4/t;;;2*5-;;;;/m...10..../s1. The Bertz CT molecular complexity index is 1160. The zero-order valence-electron chi connectivity index (χ0n) is 27.5. The van der Waals surface area contributed by atoms with Gasteiger partial charge in [0, 0.05) is 59.0 Å². The number of nitrogens with two attached hydrogens (primary N) is 5. The number of H-pyrrole nitrogens is 1. The Morgan fingerprint density at radius 1 is 0.714 bits per heavy atom. The Morgan fingerprint density at radius 2 is 1.24 bits per heavy atom. The predicted octanol–water partition coefficient (Wildman–Crippen LogP) is 4.97. The van der Waals surface area contributed by atoms with Crippen molar-refractivity contribution in [2.45, 2.75) is 107 Å². The lowest BCUT2D eigenvalue weighted by atomic mass is 10.1. The molecule has 3 fully saturated rings. The minimum atomic E-state index is -0.0911. The summed E-state index contributed by atoms with van der Waals surface area (Å²) in [5.74, 6) is 0. The van der Waals surface area contributed by atoms with Crippen molar-refractivity contribution in [2.75, 3.05) is 59.0 Å². The number of hydrogen-bond donors (Lipinski definition) is 6. The minimum Gasteiger partial charge on any atom is -0.377 e. The summed E-state index contributed by atoms with van der Waals surface area (Å²) in [6.07, 6.45) is 9.64. The van der Waals surface area contributed by atoms with Crippen molar-refractivity contribution in [3.63, 3.8) is 0 Å². The molecule has 2 aromatic carbocycles. The van der Waals surface area contributed by atoms with E-state index in [-0.39, 0.29) is 35.4 Å². The predicted molar refractivity (Wildman–Crippen MR) is 213 cm³/mol. The molecule has 1 aromatic heterocycles. The number of fused-ring (bicyclic) bond motifs is 1. The number of nitrogens with one attached hydrogen (secondary N) is 1. The smallest absolute Gasteiger partial charge is 0.326 e. The van der Waals surface area contributed by atoms with E-state index in [9.17, 15) is 4.79 Å². The van der Waals surface area contributed by atoms with E-state index >= 15 is 0 Å². The summed E-state index contributed by atoms with van der Waals surface area (Å²) in [4.78, 5) is 16.6. The maximum Gasteiger partial charge on any atom is 0.326 e. The van der Waals surface area contributed by atoms with E-state index in [0.29, 0.717) is 44.9 Å². The van der Waals surface area contributed by atoms with E-state index in [1.165, 1.54) is 56.3 Å². The largest absolute Gasteiger partial charge is 0.377 e. The first-order valence-corrected chi connectivity index (χ1v) is 16.6. The first-order valence-electron chi connectivity index (χ1n) is 16.6. The van der Waals surface area contributed by atoms with Gasteiger partial charge in [-0.15, -0.1) is 0 Å². The van der Waals surface area contributed by atoms with Gasteiger partial charge in [0.05, 0.1) is 23.2 Å². The SMILES string of the molecule is C.C.C.C.Cc1ccc(CN)cc1.NCCN1CCCCC1.NCCn1c(=O)[nH]c2ccccc21.NC[C@@H]1CCCO1.NC[C@H]1CCCO1. The maximum absolute atomic E-state index is 11.4. The van der Waals surface area contributed by atoms with E-state index in [4.69, 9.17) is 38.1 Å². The summed E-state index contributed by atoms with van der Waals surface area (Å²) in [5.41, 5.74) is 31.0. The number of rotatable bonds is 7. The Morgan fingerprint density at radius 3 is 1.67 bits per heavy atom. The molecular weight excluding hydrogens is 616 g/mol. The summed E-state index contributed by atoms with van der Waals surface area (Å²) in [6.45, 7) is 11.4. The van der Waals surface area contributed by atoms with E-state index < -0.39 is 0 Å². The van der Waals surface area contributed by atoms with Crippen LogP contribution in [0.5, 0.6) is 0 Å². The number of aromatic nitrogens is 2. The average Bonchev–Trinajstić information content (AvgIpc) is 3.86. The van der Waals surface area contributed by atoms with Crippen LogP contribution in [0.25, 0.3) is 11.0 Å². The molecule has 0 spiro atoms. The highest BCUT2D eigenvalue weighted by molar-refractivity contribution is 5.74. The lowest BCUT2D eigenvalue weighted by Gasteiger charge is -2.25. The highest BCUT2D eigenvalue weighted by atomic mass is 16.5. The van der Waals surface area contributed by atoms with Crippen molar-refractivity contribution in [3.8, 4) is 0 Å². The Labute approximate surface area is 299 Å². The summed E-state index contributed by atoms with van der Waals surface area (Å²) in [7, 11) is 0. The number of para-hydroxylation sites is 2. The van der Waals surface area contributed by atoms with Crippen molar-refractivity contribution in [1.82, 2.24) is 14.5 Å². The molecule has 3 aliphatic rings. The van der Waals surface area contributed by atoms with Gasteiger partial charge in [0.15, 0.2) is 0 Å². The minimum absolute atomic E-state index is 0.